The first kappa shape index (κ1) is 72.8. The maximum absolute atomic E-state index is 12.9. The van der Waals surface area contributed by atoms with E-state index in [-0.39, 0.29) is 68.2 Å². The van der Waals surface area contributed by atoms with Crippen molar-refractivity contribution >= 4 is 49.2 Å². The zero-order chi connectivity index (χ0) is 56.6. The van der Waals surface area contributed by atoms with Crippen molar-refractivity contribution in [2.24, 2.45) is 5.92 Å². The number of amides is 3. The Morgan fingerprint density at radius 1 is 0.636 bits per heavy atom. The van der Waals surface area contributed by atoms with Crippen LogP contribution in [0.5, 0.6) is 0 Å². The number of phosphoric ester groups is 1. The van der Waals surface area contributed by atoms with Gasteiger partial charge in [0.1, 0.15) is 12.4 Å². The minimum absolute atomic E-state index is 0.00370. The molecule has 0 spiro atoms. The van der Waals surface area contributed by atoms with Crippen molar-refractivity contribution in [3.8, 4) is 0 Å². The molecule has 0 aromatic rings. The first-order valence-electron chi connectivity index (χ1n) is 31.6. The SMILES string of the molecule is CCCCCCCCCCCCCCCC(=O)OC(COC(=O)C(C)CCCCCCCCCCCCC)COP(=O)([O-])OCCCC(=O)CCCCCNC(=O)CCCCC1SC[C@@H]2NC(=O)N[C@H]12.CC[NH+](CC)CC. The number of quaternary nitrogens is 1. The van der Waals surface area contributed by atoms with Gasteiger partial charge < -0.3 is 44.3 Å². The summed E-state index contributed by atoms with van der Waals surface area (Å²) in [6, 6.07) is 0.312. The molecule has 6 atom stereocenters. The van der Waals surface area contributed by atoms with Crippen LogP contribution in [0.25, 0.3) is 0 Å². The zero-order valence-electron chi connectivity index (χ0n) is 49.8. The monoisotopic (exact) mass is 1130 g/mol. The lowest BCUT2D eigenvalue weighted by Crippen LogP contribution is -3.11. The molecule has 4 N–H and O–H groups in total. The Balaban J connectivity index is 0.00000394. The van der Waals surface area contributed by atoms with E-state index in [2.05, 4.69) is 50.6 Å². The van der Waals surface area contributed by atoms with Gasteiger partial charge >= 0.3 is 18.0 Å². The Hall–Kier alpha value is -2.23. The molecular formula is C60H115N4O11PS. The second kappa shape index (κ2) is 49.6. The number of carbonyl (C=O) groups is 5. The summed E-state index contributed by atoms with van der Waals surface area (Å²) in [4.78, 5) is 76.5. The Morgan fingerprint density at radius 3 is 1.70 bits per heavy atom. The number of hydrogen-bond donors (Lipinski definition) is 4. The van der Waals surface area contributed by atoms with Crippen LogP contribution in [-0.4, -0.2) is 105 Å². The first-order chi connectivity index (χ1) is 37.3. The smallest absolute Gasteiger partial charge is 0.315 e. The molecular weight excluding hydrogens is 1020 g/mol. The number of ketones is 1. The number of ether oxygens (including phenoxy) is 2. The number of esters is 2. The highest BCUT2D eigenvalue weighted by Gasteiger charge is 2.42. The molecule has 452 valence electrons. The topological polar surface area (TPSA) is 203 Å². The number of rotatable bonds is 52. The van der Waals surface area contributed by atoms with Gasteiger partial charge in [-0.2, -0.15) is 11.8 Å². The normalized spacial score (nSPS) is 17.4. The van der Waals surface area contributed by atoms with Crippen LogP contribution in [0, 0.1) is 5.92 Å². The lowest BCUT2D eigenvalue weighted by atomic mass is 10.0. The number of thioether (sulfide) groups is 1. The number of unbranched alkanes of at least 4 members (excludes halogenated alkanes) is 25. The molecule has 0 aromatic carbocycles. The second-order valence-corrected chi connectivity index (χ2v) is 24.7. The van der Waals surface area contributed by atoms with Crippen LogP contribution in [0.1, 0.15) is 273 Å². The third kappa shape index (κ3) is 41.4. The van der Waals surface area contributed by atoms with Gasteiger partial charge in [0.15, 0.2) is 6.10 Å². The van der Waals surface area contributed by atoms with Gasteiger partial charge in [-0.15, -0.1) is 0 Å². The Morgan fingerprint density at radius 2 is 1.14 bits per heavy atom. The van der Waals surface area contributed by atoms with Gasteiger partial charge in [0.25, 0.3) is 7.82 Å². The summed E-state index contributed by atoms with van der Waals surface area (Å²) < 4.78 is 34.0. The minimum Gasteiger partial charge on any atom is -0.756 e. The van der Waals surface area contributed by atoms with Crippen LogP contribution in [0.4, 0.5) is 4.79 Å². The van der Waals surface area contributed by atoms with Crippen molar-refractivity contribution in [1.29, 1.82) is 0 Å². The summed E-state index contributed by atoms with van der Waals surface area (Å²) in [7, 11) is -4.81. The molecule has 2 aliphatic heterocycles. The Bertz CT molecular complexity index is 1540. The maximum atomic E-state index is 12.9. The van der Waals surface area contributed by atoms with Gasteiger partial charge in [-0.05, 0) is 65.7 Å². The summed E-state index contributed by atoms with van der Waals surface area (Å²) >= 11 is 1.88. The fourth-order valence-electron chi connectivity index (χ4n) is 9.94. The second-order valence-electron chi connectivity index (χ2n) is 22.0. The molecule has 0 saturated carbocycles. The van der Waals surface area contributed by atoms with Gasteiger partial charge in [-0.1, -0.05) is 181 Å². The molecule has 3 amide bonds. The molecule has 2 fully saturated rings. The summed E-state index contributed by atoms with van der Waals surface area (Å²) in [5.74, 6) is -0.296. The van der Waals surface area contributed by atoms with E-state index in [0.29, 0.717) is 43.9 Å². The van der Waals surface area contributed by atoms with Crippen LogP contribution in [-0.2, 0) is 42.3 Å². The molecule has 2 saturated heterocycles. The average Bonchev–Trinajstić information content (AvgIpc) is 3.98. The van der Waals surface area contributed by atoms with E-state index in [4.69, 9.17) is 18.5 Å². The van der Waals surface area contributed by atoms with Gasteiger partial charge in [-0.25, -0.2) is 4.79 Å². The van der Waals surface area contributed by atoms with Gasteiger partial charge in [-0.3, -0.25) is 23.7 Å². The van der Waals surface area contributed by atoms with Crippen LogP contribution in [0.3, 0.4) is 0 Å². The van der Waals surface area contributed by atoms with Crippen molar-refractivity contribution in [3.05, 3.63) is 0 Å². The quantitative estimate of drug-likeness (QED) is 0.0194. The third-order valence-corrected chi connectivity index (χ3v) is 17.6. The highest BCUT2D eigenvalue weighted by Crippen LogP contribution is 2.39. The summed E-state index contributed by atoms with van der Waals surface area (Å²) in [6.45, 7) is 16.2. The fourth-order valence-corrected chi connectivity index (χ4v) is 12.3. The lowest BCUT2D eigenvalue weighted by Gasteiger charge is -2.26. The number of phosphoric acid groups is 1. The van der Waals surface area contributed by atoms with Crippen LogP contribution in [0.15, 0.2) is 0 Å². The predicted octanol–water partition coefficient (Wildman–Crippen LogP) is 12.4. The largest absolute Gasteiger partial charge is 0.756 e. The molecule has 4 unspecified atom stereocenters. The molecule has 0 aromatic heterocycles. The number of fused-ring (bicyclic) bond motifs is 1. The average molecular weight is 1130 g/mol. The molecule has 0 bridgehead atoms. The minimum atomic E-state index is -4.81. The van der Waals surface area contributed by atoms with E-state index in [0.717, 1.165) is 76.4 Å². The third-order valence-electron chi connectivity index (χ3n) is 15.1. The molecule has 77 heavy (non-hydrogen) atoms. The summed E-state index contributed by atoms with van der Waals surface area (Å²) in [5.41, 5.74) is 0. The van der Waals surface area contributed by atoms with Gasteiger partial charge in [0.05, 0.1) is 50.8 Å². The van der Waals surface area contributed by atoms with E-state index < -0.39 is 32.5 Å². The van der Waals surface area contributed by atoms with E-state index in [1.54, 1.807) is 4.90 Å². The molecule has 2 aliphatic rings. The zero-order valence-corrected chi connectivity index (χ0v) is 51.6. The van der Waals surface area contributed by atoms with Crippen LogP contribution in [0.2, 0.25) is 0 Å². The number of urea groups is 1. The summed E-state index contributed by atoms with van der Waals surface area (Å²) in [6.07, 6.45) is 34.7. The fraction of sp³-hybridized carbons (Fsp3) is 0.917. The maximum Gasteiger partial charge on any atom is 0.315 e. The Labute approximate surface area is 473 Å². The lowest BCUT2D eigenvalue weighted by molar-refractivity contribution is -0.894. The Kier molecular flexibility index (Phi) is 46.9. The van der Waals surface area contributed by atoms with E-state index in [1.807, 2.05) is 18.7 Å². The highest BCUT2D eigenvalue weighted by molar-refractivity contribution is 8.00. The van der Waals surface area contributed by atoms with E-state index in [1.165, 1.54) is 129 Å². The van der Waals surface area contributed by atoms with Gasteiger partial charge in [0.2, 0.25) is 5.91 Å². The molecule has 0 aliphatic carbocycles. The van der Waals surface area contributed by atoms with Crippen LogP contribution >= 0.6 is 19.6 Å². The van der Waals surface area contributed by atoms with E-state index >= 15 is 0 Å². The first-order valence-corrected chi connectivity index (χ1v) is 34.1. The molecule has 15 nitrogen and oxygen atoms in total. The number of hydrogen-bond acceptors (Lipinski definition) is 12. The van der Waals surface area contributed by atoms with Crippen molar-refractivity contribution in [2.45, 2.75) is 296 Å². The number of carbonyl (C=O) groups excluding carboxylic acids is 5. The van der Waals surface area contributed by atoms with Crippen molar-refractivity contribution in [2.75, 3.05) is 51.8 Å². The number of Topliss-reactive ketones (excluding diaryl/α,β-unsaturated/α-hetero) is 1. The standard InChI is InChI=1S/C54H100N3O11PS.C6H15N/c1-4-6-8-10-12-14-16-17-19-21-23-25-29-39-51(60)68-47(42-65-53(61)45(3)34-27-24-22-20-18-15-13-11-9-7-5-2)43-67-69(63,64)66-41-33-36-46(58)35-28-26-32-40-55-50(59)38-31-30-37-49-52-48(44-70-49)56-54(62)57-52;1-4-7(5-2)6-3/h45,47-49,52H,4-44H2,1-3H3,(H,55,59)(H,63,64)(H2,56,57,62);4-6H2,1-3H3/t45?,47?,48-,49?,52-;/m0./s1. The summed E-state index contributed by atoms with van der Waals surface area (Å²) in [5, 5.41) is 9.30. The molecule has 2 rings (SSSR count). The van der Waals surface area contributed by atoms with E-state index in [9.17, 15) is 33.4 Å². The van der Waals surface area contributed by atoms with Crippen LogP contribution < -0.4 is 25.7 Å². The van der Waals surface area contributed by atoms with Crippen molar-refractivity contribution in [1.82, 2.24) is 16.0 Å². The van der Waals surface area contributed by atoms with Gasteiger partial charge in [0, 0.05) is 43.2 Å². The predicted molar refractivity (Wildman–Crippen MR) is 313 cm³/mol. The van der Waals surface area contributed by atoms with Crippen molar-refractivity contribution < 1.29 is 56.9 Å². The number of nitrogens with one attached hydrogen (secondary N) is 4. The molecule has 0 radical (unpaired) electrons. The highest BCUT2D eigenvalue weighted by atomic mass is 32.2. The molecule has 2 heterocycles. The molecule has 17 heteroatoms. The van der Waals surface area contributed by atoms with Crippen molar-refractivity contribution in [3.63, 3.8) is 0 Å².